The second-order valence-electron chi connectivity index (χ2n) is 12.9. The molecule has 0 spiro atoms. The van der Waals surface area contributed by atoms with Crippen LogP contribution < -0.4 is 5.32 Å². The van der Waals surface area contributed by atoms with Gasteiger partial charge in [0.2, 0.25) is 0 Å². The Labute approximate surface area is 314 Å². The molecule has 0 saturated heterocycles. The summed E-state index contributed by atoms with van der Waals surface area (Å²) in [4.78, 5) is 25.3. The molecule has 256 valence electrons. The van der Waals surface area contributed by atoms with E-state index in [0.717, 1.165) is 61.5 Å². The first-order chi connectivity index (χ1) is 26.8. The predicted molar refractivity (Wildman–Crippen MR) is 219 cm³/mol. The molecule has 8 aromatic rings. The van der Waals surface area contributed by atoms with Crippen LogP contribution >= 0.6 is 0 Å². The van der Waals surface area contributed by atoms with Crippen LogP contribution in [0.3, 0.4) is 0 Å². The summed E-state index contributed by atoms with van der Waals surface area (Å²) in [7, 11) is 0. The smallest absolute Gasteiger partial charge is 0.164 e. The van der Waals surface area contributed by atoms with Crippen molar-refractivity contribution in [1.29, 1.82) is 0 Å². The quantitative estimate of drug-likeness (QED) is 0.172. The summed E-state index contributed by atoms with van der Waals surface area (Å²) in [6.07, 6.45) is -0.295. The number of amidine groups is 2. The van der Waals surface area contributed by atoms with Crippen molar-refractivity contribution in [3.05, 3.63) is 211 Å². The normalized spacial score (nSPS) is 13.7. The van der Waals surface area contributed by atoms with Crippen LogP contribution in [0.5, 0.6) is 0 Å². The van der Waals surface area contributed by atoms with Crippen molar-refractivity contribution in [3.8, 4) is 56.4 Å². The van der Waals surface area contributed by atoms with Crippen molar-refractivity contribution >= 4 is 11.7 Å². The summed E-state index contributed by atoms with van der Waals surface area (Å²) in [5.41, 5.74) is 9.97. The van der Waals surface area contributed by atoms with Crippen molar-refractivity contribution in [3.63, 3.8) is 0 Å². The molecular weight excluding hydrogens is 661 g/mol. The number of aliphatic imine (C=N–C) groups is 2. The third-order valence-corrected chi connectivity index (χ3v) is 9.43. The van der Waals surface area contributed by atoms with Gasteiger partial charge in [-0.1, -0.05) is 188 Å². The van der Waals surface area contributed by atoms with Gasteiger partial charge >= 0.3 is 0 Å². The lowest BCUT2D eigenvalue weighted by molar-refractivity contribution is 0.674. The van der Waals surface area contributed by atoms with Gasteiger partial charge in [-0.25, -0.2) is 24.9 Å². The number of nitrogens with zero attached hydrogens (tertiary/aromatic N) is 5. The van der Waals surface area contributed by atoms with E-state index in [2.05, 4.69) is 90.2 Å². The molecule has 1 aliphatic rings. The Hall–Kier alpha value is -7.31. The fraction of sp³-hybridized carbons (Fsp3) is 0.0208. The number of rotatable bonds is 8. The molecule has 1 N–H and O–H groups in total. The highest BCUT2D eigenvalue weighted by molar-refractivity contribution is 6.13. The molecule has 1 aliphatic heterocycles. The molecule has 0 amide bonds. The van der Waals surface area contributed by atoms with Crippen molar-refractivity contribution in [2.24, 2.45) is 9.98 Å². The van der Waals surface area contributed by atoms with Crippen molar-refractivity contribution in [2.75, 3.05) is 0 Å². The highest BCUT2D eigenvalue weighted by atomic mass is 15.2. The molecule has 2 heterocycles. The molecule has 0 bridgehead atoms. The second-order valence-corrected chi connectivity index (χ2v) is 12.9. The Balaban J connectivity index is 1.20. The summed E-state index contributed by atoms with van der Waals surface area (Å²) >= 11 is 0. The predicted octanol–water partition coefficient (Wildman–Crippen LogP) is 10.7. The molecule has 0 aliphatic carbocycles. The highest BCUT2D eigenvalue weighted by Gasteiger charge is 2.23. The van der Waals surface area contributed by atoms with Crippen LogP contribution in [0, 0.1) is 0 Å². The van der Waals surface area contributed by atoms with Gasteiger partial charge in [0.15, 0.2) is 23.3 Å². The molecule has 1 atom stereocenters. The van der Waals surface area contributed by atoms with E-state index < -0.39 is 0 Å². The Morgan fingerprint density at radius 2 is 0.815 bits per heavy atom. The lowest BCUT2D eigenvalue weighted by Crippen LogP contribution is -2.33. The SMILES string of the molecule is c1ccc(C2=NC(c3ccccc3)NC(c3ccc(-c4ccccc4-c4nc(-c5ccccc5)nc(-c5ccccc5)n4)c(-c4ccccc4)c3)=N2)cc1. The van der Waals surface area contributed by atoms with Gasteiger partial charge in [0.25, 0.3) is 0 Å². The van der Waals surface area contributed by atoms with E-state index in [0.29, 0.717) is 23.3 Å². The molecule has 0 radical (unpaired) electrons. The summed E-state index contributed by atoms with van der Waals surface area (Å²) in [5.74, 6) is 3.30. The molecule has 1 unspecified atom stereocenters. The van der Waals surface area contributed by atoms with E-state index in [9.17, 15) is 0 Å². The minimum Gasteiger partial charge on any atom is -0.344 e. The number of hydrogen-bond donors (Lipinski definition) is 1. The summed E-state index contributed by atoms with van der Waals surface area (Å²) in [5, 5.41) is 3.64. The minimum absolute atomic E-state index is 0.295. The second kappa shape index (κ2) is 14.7. The summed E-state index contributed by atoms with van der Waals surface area (Å²) in [6, 6.07) is 66.0. The number of nitrogens with one attached hydrogen (secondary N) is 1. The van der Waals surface area contributed by atoms with Gasteiger partial charge in [0, 0.05) is 27.8 Å². The minimum atomic E-state index is -0.295. The summed E-state index contributed by atoms with van der Waals surface area (Å²) in [6.45, 7) is 0. The maximum Gasteiger partial charge on any atom is 0.164 e. The molecule has 6 nitrogen and oxygen atoms in total. The standard InChI is InChI=1S/C48H34N6/c1-6-18-33(19-7-1)42-32-38(47-51-43(34-20-8-2-9-21-34)49-44(52-47)35-22-10-3-11-23-35)30-31-40(42)39-28-16-17-29-41(39)48-53-45(36-24-12-4-13-25-36)50-46(54-48)37-26-14-5-15-27-37/h1-32,43H,(H,49,51,52). The van der Waals surface area contributed by atoms with Crippen molar-refractivity contribution < 1.29 is 0 Å². The Morgan fingerprint density at radius 1 is 0.352 bits per heavy atom. The van der Waals surface area contributed by atoms with Crippen LogP contribution in [-0.2, 0) is 0 Å². The lowest BCUT2D eigenvalue weighted by atomic mass is 9.90. The van der Waals surface area contributed by atoms with E-state index in [1.54, 1.807) is 0 Å². The molecule has 54 heavy (non-hydrogen) atoms. The first kappa shape index (κ1) is 32.6. The fourth-order valence-electron chi connectivity index (χ4n) is 6.74. The van der Waals surface area contributed by atoms with Crippen molar-refractivity contribution in [1.82, 2.24) is 20.3 Å². The van der Waals surface area contributed by atoms with E-state index >= 15 is 0 Å². The average molecular weight is 695 g/mol. The van der Waals surface area contributed by atoms with Gasteiger partial charge in [-0.3, -0.25) is 0 Å². The Bertz CT molecular complexity index is 2550. The molecule has 0 saturated carbocycles. The van der Waals surface area contributed by atoms with E-state index in [1.165, 1.54) is 0 Å². The van der Waals surface area contributed by atoms with Gasteiger partial charge in [-0.15, -0.1) is 0 Å². The van der Waals surface area contributed by atoms with Gasteiger partial charge in [0.05, 0.1) is 0 Å². The Morgan fingerprint density at radius 3 is 1.41 bits per heavy atom. The van der Waals surface area contributed by atoms with Crippen LogP contribution in [0.2, 0.25) is 0 Å². The molecular formula is C48H34N6. The van der Waals surface area contributed by atoms with Crippen LogP contribution in [-0.4, -0.2) is 26.6 Å². The maximum atomic E-state index is 5.11. The first-order valence-corrected chi connectivity index (χ1v) is 18.0. The average Bonchev–Trinajstić information content (AvgIpc) is 3.27. The molecule has 6 heteroatoms. The lowest BCUT2D eigenvalue weighted by Gasteiger charge is -2.24. The molecule has 0 fully saturated rings. The number of aromatic nitrogens is 3. The largest absolute Gasteiger partial charge is 0.344 e. The van der Waals surface area contributed by atoms with Crippen molar-refractivity contribution in [2.45, 2.75) is 6.17 Å². The van der Waals surface area contributed by atoms with Crippen LogP contribution in [0.15, 0.2) is 204 Å². The third kappa shape index (κ3) is 6.72. The highest BCUT2D eigenvalue weighted by Crippen LogP contribution is 2.39. The summed E-state index contributed by atoms with van der Waals surface area (Å²) < 4.78 is 0. The van der Waals surface area contributed by atoms with Crippen LogP contribution in [0.25, 0.3) is 56.4 Å². The van der Waals surface area contributed by atoms with E-state index in [4.69, 9.17) is 24.9 Å². The number of benzene rings is 7. The van der Waals surface area contributed by atoms with Gasteiger partial charge < -0.3 is 5.32 Å². The fourth-order valence-corrected chi connectivity index (χ4v) is 6.74. The monoisotopic (exact) mass is 694 g/mol. The number of hydrogen-bond acceptors (Lipinski definition) is 6. The third-order valence-electron chi connectivity index (χ3n) is 9.43. The van der Waals surface area contributed by atoms with Crippen LogP contribution in [0.4, 0.5) is 0 Å². The van der Waals surface area contributed by atoms with Crippen LogP contribution in [0.1, 0.15) is 22.9 Å². The molecule has 9 rings (SSSR count). The topological polar surface area (TPSA) is 75.4 Å². The van der Waals surface area contributed by atoms with Gasteiger partial charge in [-0.2, -0.15) is 0 Å². The van der Waals surface area contributed by atoms with E-state index in [1.807, 2.05) is 109 Å². The zero-order valence-corrected chi connectivity index (χ0v) is 29.3. The van der Waals surface area contributed by atoms with Gasteiger partial charge in [-0.05, 0) is 33.9 Å². The maximum absolute atomic E-state index is 5.11. The molecule has 1 aromatic heterocycles. The van der Waals surface area contributed by atoms with E-state index in [-0.39, 0.29) is 6.17 Å². The zero-order valence-electron chi connectivity index (χ0n) is 29.3. The molecule has 7 aromatic carbocycles. The van der Waals surface area contributed by atoms with Gasteiger partial charge in [0.1, 0.15) is 12.0 Å². The zero-order chi connectivity index (χ0) is 36.1. The first-order valence-electron chi connectivity index (χ1n) is 18.0. The Kier molecular flexibility index (Phi) is 8.89.